The number of methoxy groups -OCH3 is 1. The van der Waals surface area contributed by atoms with Crippen molar-refractivity contribution in [1.29, 1.82) is 0 Å². The molecular formula is C16H26N2O. The highest BCUT2D eigenvalue weighted by Crippen LogP contribution is 2.28. The Hall–Kier alpha value is -1.06. The molecule has 1 atom stereocenters. The van der Waals surface area contributed by atoms with E-state index in [1.807, 2.05) is 6.07 Å². The summed E-state index contributed by atoms with van der Waals surface area (Å²) in [7, 11) is 3.90. The van der Waals surface area contributed by atoms with E-state index in [-0.39, 0.29) is 6.04 Å². The Balaban J connectivity index is 2.06. The van der Waals surface area contributed by atoms with Gasteiger partial charge < -0.3 is 15.4 Å². The molecule has 0 aliphatic heterocycles. The van der Waals surface area contributed by atoms with Crippen LogP contribution in [0.15, 0.2) is 18.2 Å². The number of ether oxygens (including phenoxy) is 1. The average Bonchev–Trinajstić information content (AvgIpc) is 2.92. The molecule has 2 N–H and O–H groups in total. The topological polar surface area (TPSA) is 38.5 Å². The molecule has 1 fully saturated rings. The minimum absolute atomic E-state index is 0.0143. The summed E-state index contributed by atoms with van der Waals surface area (Å²) in [6.45, 7) is 2.99. The Kier molecular flexibility index (Phi) is 4.83. The Bertz CT molecular complexity index is 413. The van der Waals surface area contributed by atoms with E-state index in [2.05, 4.69) is 31.0 Å². The molecule has 106 valence electrons. The average molecular weight is 262 g/mol. The molecule has 1 aromatic carbocycles. The van der Waals surface area contributed by atoms with Crippen molar-refractivity contribution in [3.05, 3.63) is 29.3 Å². The molecule has 0 spiro atoms. The van der Waals surface area contributed by atoms with E-state index in [0.717, 1.165) is 17.9 Å². The third-order valence-electron chi connectivity index (χ3n) is 4.22. The van der Waals surface area contributed by atoms with E-state index in [1.165, 1.54) is 31.2 Å². The number of hydrogen-bond donors (Lipinski definition) is 1. The molecular weight excluding hydrogens is 236 g/mol. The van der Waals surface area contributed by atoms with Gasteiger partial charge in [0.05, 0.1) is 7.11 Å². The molecule has 0 saturated heterocycles. The Morgan fingerprint density at radius 2 is 2.05 bits per heavy atom. The van der Waals surface area contributed by atoms with Gasteiger partial charge in [-0.05, 0) is 32.9 Å². The second-order valence-corrected chi connectivity index (χ2v) is 5.73. The van der Waals surface area contributed by atoms with Crippen molar-refractivity contribution in [1.82, 2.24) is 4.90 Å². The minimum Gasteiger partial charge on any atom is -0.496 e. The summed E-state index contributed by atoms with van der Waals surface area (Å²) >= 11 is 0. The molecule has 0 bridgehead atoms. The Morgan fingerprint density at radius 1 is 1.37 bits per heavy atom. The van der Waals surface area contributed by atoms with Gasteiger partial charge in [-0.25, -0.2) is 0 Å². The zero-order valence-corrected chi connectivity index (χ0v) is 12.4. The first-order chi connectivity index (χ1) is 9.11. The molecule has 3 heteroatoms. The Labute approximate surface area is 116 Å². The van der Waals surface area contributed by atoms with Gasteiger partial charge in [-0.3, -0.25) is 0 Å². The molecule has 19 heavy (non-hydrogen) atoms. The van der Waals surface area contributed by atoms with Crippen LogP contribution in [0.4, 0.5) is 0 Å². The lowest BCUT2D eigenvalue weighted by Crippen LogP contribution is -2.35. The van der Waals surface area contributed by atoms with Crippen molar-refractivity contribution in [3.63, 3.8) is 0 Å². The number of nitrogens with two attached hydrogens (primary N) is 1. The van der Waals surface area contributed by atoms with Gasteiger partial charge in [-0.2, -0.15) is 0 Å². The van der Waals surface area contributed by atoms with Gasteiger partial charge in [0.2, 0.25) is 0 Å². The van der Waals surface area contributed by atoms with E-state index < -0.39 is 0 Å². The lowest BCUT2D eigenvalue weighted by atomic mass is 10.0. The molecule has 1 aliphatic rings. The first kappa shape index (κ1) is 14.4. The summed E-state index contributed by atoms with van der Waals surface area (Å²) in [5, 5.41) is 0. The highest BCUT2D eigenvalue weighted by Gasteiger charge is 2.22. The molecule has 0 aromatic heterocycles. The fraction of sp³-hybridized carbons (Fsp3) is 0.625. The molecule has 3 nitrogen and oxygen atoms in total. The molecule has 0 heterocycles. The predicted molar refractivity (Wildman–Crippen MR) is 79.5 cm³/mol. The van der Waals surface area contributed by atoms with E-state index >= 15 is 0 Å². The largest absolute Gasteiger partial charge is 0.496 e. The summed E-state index contributed by atoms with van der Waals surface area (Å²) in [6, 6.07) is 6.95. The zero-order chi connectivity index (χ0) is 13.8. The van der Waals surface area contributed by atoms with Gasteiger partial charge in [0, 0.05) is 24.2 Å². The number of nitrogens with zero attached hydrogens (tertiary/aromatic N) is 1. The highest BCUT2D eigenvalue weighted by atomic mass is 16.5. The summed E-state index contributed by atoms with van der Waals surface area (Å²) in [5.74, 6) is 0.901. The smallest absolute Gasteiger partial charge is 0.123 e. The fourth-order valence-electron chi connectivity index (χ4n) is 3.05. The van der Waals surface area contributed by atoms with Crippen LogP contribution in [0.3, 0.4) is 0 Å². The molecule has 1 saturated carbocycles. The number of hydrogen-bond acceptors (Lipinski definition) is 3. The first-order valence-electron chi connectivity index (χ1n) is 7.22. The second-order valence-electron chi connectivity index (χ2n) is 5.73. The number of aryl methyl sites for hydroxylation is 1. The summed E-state index contributed by atoms with van der Waals surface area (Å²) in [5.41, 5.74) is 8.74. The standard InChI is InChI=1S/C16H26N2O/c1-12-8-9-16(19-3)14(10-12)15(17)11-18(2)13-6-4-5-7-13/h8-10,13,15H,4-7,11,17H2,1-3H3. The van der Waals surface area contributed by atoms with E-state index in [4.69, 9.17) is 10.5 Å². The molecule has 1 aliphatic carbocycles. The number of likely N-dealkylation sites (N-methyl/N-ethyl adjacent to an activating group) is 1. The lowest BCUT2D eigenvalue weighted by molar-refractivity contribution is 0.230. The molecule has 0 radical (unpaired) electrons. The van der Waals surface area contributed by atoms with Crippen LogP contribution in [0, 0.1) is 6.92 Å². The van der Waals surface area contributed by atoms with Crippen LogP contribution in [0.2, 0.25) is 0 Å². The Morgan fingerprint density at radius 3 is 2.68 bits per heavy atom. The summed E-state index contributed by atoms with van der Waals surface area (Å²) in [6.07, 6.45) is 5.35. The van der Waals surface area contributed by atoms with Gasteiger partial charge in [0.1, 0.15) is 5.75 Å². The van der Waals surface area contributed by atoms with Crippen molar-refractivity contribution < 1.29 is 4.74 Å². The first-order valence-corrected chi connectivity index (χ1v) is 7.22. The lowest BCUT2D eigenvalue weighted by Gasteiger charge is -2.28. The SMILES string of the molecule is COc1ccc(C)cc1C(N)CN(C)C1CCCC1. The van der Waals surface area contributed by atoms with Crippen molar-refractivity contribution in [3.8, 4) is 5.75 Å². The molecule has 2 rings (SSSR count). The van der Waals surface area contributed by atoms with Crippen molar-refractivity contribution in [2.24, 2.45) is 5.73 Å². The predicted octanol–water partition coefficient (Wildman–Crippen LogP) is 2.88. The van der Waals surface area contributed by atoms with E-state index in [1.54, 1.807) is 7.11 Å². The fourth-order valence-corrected chi connectivity index (χ4v) is 3.05. The molecule has 1 unspecified atom stereocenters. The van der Waals surface area contributed by atoms with Gasteiger partial charge in [0.25, 0.3) is 0 Å². The summed E-state index contributed by atoms with van der Waals surface area (Å²) < 4.78 is 5.43. The zero-order valence-electron chi connectivity index (χ0n) is 12.4. The second kappa shape index (κ2) is 6.40. The summed E-state index contributed by atoms with van der Waals surface area (Å²) in [4.78, 5) is 2.42. The van der Waals surface area contributed by atoms with E-state index in [9.17, 15) is 0 Å². The number of rotatable bonds is 5. The van der Waals surface area contributed by atoms with Crippen LogP contribution >= 0.6 is 0 Å². The third-order valence-corrected chi connectivity index (χ3v) is 4.22. The quantitative estimate of drug-likeness (QED) is 0.886. The maximum atomic E-state index is 6.39. The number of benzene rings is 1. The van der Waals surface area contributed by atoms with Gasteiger partial charge in [0.15, 0.2) is 0 Å². The van der Waals surface area contributed by atoms with Crippen LogP contribution in [0.5, 0.6) is 5.75 Å². The van der Waals surface area contributed by atoms with Crippen LogP contribution < -0.4 is 10.5 Å². The van der Waals surface area contributed by atoms with Crippen LogP contribution in [0.25, 0.3) is 0 Å². The maximum absolute atomic E-state index is 6.39. The van der Waals surface area contributed by atoms with Crippen LogP contribution in [-0.2, 0) is 0 Å². The van der Waals surface area contributed by atoms with Gasteiger partial charge in [-0.1, -0.05) is 30.5 Å². The van der Waals surface area contributed by atoms with Crippen molar-refractivity contribution >= 4 is 0 Å². The highest BCUT2D eigenvalue weighted by molar-refractivity contribution is 5.39. The minimum atomic E-state index is 0.0143. The monoisotopic (exact) mass is 262 g/mol. The molecule has 1 aromatic rings. The van der Waals surface area contributed by atoms with Crippen LogP contribution in [-0.4, -0.2) is 31.6 Å². The van der Waals surface area contributed by atoms with E-state index in [0.29, 0.717) is 6.04 Å². The molecule has 0 amide bonds. The normalized spacial score (nSPS) is 17.9. The van der Waals surface area contributed by atoms with Crippen molar-refractivity contribution in [2.75, 3.05) is 20.7 Å². The van der Waals surface area contributed by atoms with Crippen molar-refractivity contribution in [2.45, 2.75) is 44.7 Å². The maximum Gasteiger partial charge on any atom is 0.123 e. The van der Waals surface area contributed by atoms with Gasteiger partial charge in [-0.15, -0.1) is 0 Å². The van der Waals surface area contributed by atoms with Gasteiger partial charge >= 0.3 is 0 Å². The third kappa shape index (κ3) is 3.48. The van der Waals surface area contributed by atoms with Crippen LogP contribution in [0.1, 0.15) is 42.9 Å².